The van der Waals surface area contributed by atoms with Gasteiger partial charge in [0.25, 0.3) is 0 Å². The van der Waals surface area contributed by atoms with E-state index in [4.69, 9.17) is 16.3 Å². The summed E-state index contributed by atoms with van der Waals surface area (Å²) in [4.78, 5) is 32.2. The lowest BCUT2D eigenvalue weighted by Gasteiger charge is -2.39. The molecule has 7 heteroatoms. The molecule has 4 rings (SSSR count). The summed E-state index contributed by atoms with van der Waals surface area (Å²) in [6.07, 6.45) is 7.12. The second kappa shape index (κ2) is 9.50. The van der Waals surface area contributed by atoms with Crippen molar-refractivity contribution in [2.24, 2.45) is 0 Å². The molecule has 1 atom stereocenters. The van der Waals surface area contributed by atoms with Gasteiger partial charge in [0.15, 0.2) is 0 Å². The molecule has 1 unspecified atom stereocenters. The highest BCUT2D eigenvalue weighted by atomic mass is 35.5. The summed E-state index contributed by atoms with van der Waals surface area (Å²) in [7, 11) is 0. The van der Waals surface area contributed by atoms with E-state index >= 15 is 0 Å². The smallest absolute Gasteiger partial charge is 0.410 e. The first kappa shape index (κ1) is 23.2. The first-order valence-corrected chi connectivity index (χ1v) is 12.4. The molecule has 0 bridgehead atoms. The second-order valence-corrected chi connectivity index (χ2v) is 10.8. The molecule has 0 radical (unpaired) electrons. The molecule has 32 heavy (non-hydrogen) atoms. The van der Waals surface area contributed by atoms with E-state index in [1.54, 1.807) is 4.90 Å². The quantitative estimate of drug-likeness (QED) is 0.567. The molecule has 2 heterocycles. The Morgan fingerprint density at radius 1 is 1.03 bits per heavy atom. The van der Waals surface area contributed by atoms with Crippen molar-refractivity contribution in [2.45, 2.75) is 89.4 Å². The maximum atomic E-state index is 13.7. The summed E-state index contributed by atoms with van der Waals surface area (Å²) in [6.45, 7) is 7.59. The Hall–Kier alpha value is -1.95. The summed E-state index contributed by atoms with van der Waals surface area (Å²) in [5.74, 6) is 0. The summed E-state index contributed by atoms with van der Waals surface area (Å²) in [5, 5.41) is 0.700. The SMILES string of the molecule is CC(C)(C)OC(=O)N1CCC(N2C(=O)N(C3CCCCC3)CC2c2cccc(Cl)c2)CC1. The van der Waals surface area contributed by atoms with Crippen LogP contribution in [0.25, 0.3) is 0 Å². The van der Waals surface area contributed by atoms with Gasteiger partial charge in [0.1, 0.15) is 5.60 Å². The van der Waals surface area contributed by atoms with Gasteiger partial charge in [-0.25, -0.2) is 9.59 Å². The average molecular weight is 462 g/mol. The standard InChI is InChI=1S/C25H36ClN3O3/c1-25(2,3)32-24(31)27-14-12-21(13-15-27)29-22(18-8-7-9-19(26)16-18)17-28(23(29)30)20-10-5-4-6-11-20/h7-9,16,20-22H,4-6,10-15,17H2,1-3H3. The van der Waals surface area contributed by atoms with Crippen molar-refractivity contribution >= 4 is 23.7 Å². The van der Waals surface area contributed by atoms with Crippen LogP contribution in [0.15, 0.2) is 24.3 Å². The van der Waals surface area contributed by atoms with Gasteiger partial charge in [-0.2, -0.15) is 0 Å². The lowest BCUT2D eigenvalue weighted by Crippen LogP contribution is -2.50. The minimum atomic E-state index is -0.503. The number of carbonyl (C=O) groups is 2. The number of halogens is 1. The van der Waals surface area contributed by atoms with Gasteiger partial charge >= 0.3 is 12.1 Å². The van der Waals surface area contributed by atoms with E-state index in [0.717, 1.165) is 37.8 Å². The number of nitrogens with zero attached hydrogens (tertiary/aromatic N) is 3. The van der Waals surface area contributed by atoms with Crippen LogP contribution in [-0.4, -0.2) is 64.1 Å². The predicted molar refractivity (Wildman–Crippen MR) is 126 cm³/mol. The molecule has 1 aromatic carbocycles. The van der Waals surface area contributed by atoms with Crippen molar-refractivity contribution in [1.29, 1.82) is 0 Å². The van der Waals surface area contributed by atoms with Gasteiger partial charge in [-0.05, 0) is 64.2 Å². The Morgan fingerprint density at radius 2 is 1.72 bits per heavy atom. The zero-order valence-electron chi connectivity index (χ0n) is 19.6. The third-order valence-electron chi connectivity index (χ3n) is 6.93. The predicted octanol–water partition coefficient (Wildman–Crippen LogP) is 5.85. The molecular weight excluding hydrogens is 426 g/mol. The molecule has 1 aromatic rings. The van der Waals surface area contributed by atoms with Gasteiger partial charge in [0.05, 0.1) is 6.04 Å². The van der Waals surface area contributed by atoms with Crippen molar-refractivity contribution in [1.82, 2.24) is 14.7 Å². The fraction of sp³-hybridized carbons (Fsp3) is 0.680. The zero-order valence-corrected chi connectivity index (χ0v) is 20.3. The number of piperidine rings is 1. The molecule has 3 aliphatic rings. The molecule has 2 saturated heterocycles. The fourth-order valence-corrected chi connectivity index (χ4v) is 5.57. The highest BCUT2D eigenvalue weighted by molar-refractivity contribution is 6.30. The Labute approximate surface area is 196 Å². The topological polar surface area (TPSA) is 53.1 Å². The minimum Gasteiger partial charge on any atom is -0.444 e. The van der Waals surface area contributed by atoms with Crippen molar-refractivity contribution in [3.63, 3.8) is 0 Å². The number of hydrogen-bond acceptors (Lipinski definition) is 3. The van der Waals surface area contributed by atoms with Crippen LogP contribution >= 0.6 is 11.6 Å². The van der Waals surface area contributed by atoms with Crippen LogP contribution in [-0.2, 0) is 4.74 Å². The lowest BCUT2D eigenvalue weighted by atomic mass is 9.94. The number of hydrogen-bond donors (Lipinski definition) is 0. The van der Waals surface area contributed by atoms with Crippen LogP contribution < -0.4 is 0 Å². The molecule has 6 nitrogen and oxygen atoms in total. The van der Waals surface area contributed by atoms with Crippen molar-refractivity contribution in [2.75, 3.05) is 19.6 Å². The highest BCUT2D eigenvalue weighted by Gasteiger charge is 2.45. The molecule has 2 aliphatic heterocycles. The number of ether oxygens (including phenoxy) is 1. The third kappa shape index (κ3) is 5.16. The van der Waals surface area contributed by atoms with Crippen LogP contribution in [0, 0.1) is 0 Å². The molecule has 1 aliphatic carbocycles. The number of carbonyl (C=O) groups excluding carboxylic acids is 2. The van der Waals surface area contributed by atoms with Gasteiger partial charge in [0, 0.05) is 36.7 Å². The molecule has 0 spiro atoms. The van der Waals surface area contributed by atoms with Crippen LogP contribution in [0.5, 0.6) is 0 Å². The molecule has 0 N–H and O–H groups in total. The third-order valence-corrected chi connectivity index (χ3v) is 7.17. The molecule has 3 fully saturated rings. The number of likely N-dealkylation sites (tertiary alicyclic amines) is 1. The molecule has 0 aromatic heterocycles. The normalized spacial score (nSPS) is 23.7. The van der Waals surface area contributed by atoms with E-state index in [9.17, 15) is 9.59 Å². The Kier molecular flexibility index (Phi) is 6.89. The number of rotatable bonds is 3. The van der Waals surface area contributed by atoms with E-state index in [-0.39, 0.29) is 24.2 Å². The number of benzene rings is 1. The molecular formula is C25H36ClN3O3. The van der Waals surface area contributed by atoms with Crippen LogP contribution in [0.4, 0.5) is 9.59 Å². The lowest BCUT2D eigenvalue weighted by molar-refractivity contribution is 0.0157. The monoisotopic (exact) mass is 461 g/mol. The average Bonchev–Trinajstić information content (AvgIpc) is 3.10. The summed E-state index contributed by atoms with van der Waals surface area (Å²) in [6, 6.07) is 8.52. The van der Waals surface area contributed by atoms with Gasteiger partial charge in [-0.15, -0.1) is 0 Å². The maximum absolute atomic E-state index is 13.7. The maximum Gasteiger partial charge on any atom is 0.410 e. The molecule has 1 saturated carbocycles. The van der Waals surface area contributed by atoms with Crippen molar-refractivity contribution in [3.8, 4) is 0 Å². The number of urea groups is 1. The van der Waals surface area contributed by atoms with E-state index in [1.807, 2.05) is 39.0 Å². The van der Waals surface area contributed by atoms with Gasteiger partial charge < -0.3 is 19.4 Å². The number of amides is 3. The first-order chi connectivity index (χ1) is 15.2. The largest absolute Gasteiger partial charge is 0.444 e. The van der Waals surface area contributed by atoms with E-state index in [2.05, 4.69) is 15.9 Å². The minimum absolute atomic E-state index is 0.00111. The Morgan fingerprint density at radius 3 is 2.34 bits per heavy atom. The zero-order chi connectivity index (χ0) is 22.9. The first-order valence-electron chi connectivity index (χ1n) is 12.1. The Bertz CT molecular complexity index is 826. The fourth-order valence-electron chi connectivity index (χ4n) is 5.38. The second-order valence-electron chi connectivity index (χ2n) is 10.4. The van der Waals surface area contributed by atoms with Crippen molar-refractivity contribution < 1.29 is 14.3 Å². The van der Waals surface area contributed by atoms with Gasteiger partial charge in [-0.1, -0.05) is 43.0 Å². The van der Waals surface area contributed by atoms with E-state index in [1.165, 1.54) is 19.3 Å². The molecule has 3 amide bonds. The van der Waals surface area contributed by atoms with Gasteiger partial charge in [-0.3, -0.25) is 0 Å². The van der Waals surface area contributed by atoms with Crippen LogP contribution in [0.1, 0.15) is 77.3 Å². The van der Waals surface area contributed by atoms with Crippen LogP contribution in [0.3, 0.4) is 0 Å². The van der Waals surface area contributed by atoms with Crippen LogP contribution in [0.2, 0.25) is 5.02 Å². The summed E-state index contributed by atoms with van der Waals surface area (Å²) in [5.41, 5.74) is 0.593. The molecule has 176 valence electrons. The van der Waals surface area contributed by atoms with Gasteiger partial charge in [0.2, 0.25) is 0 Å². The highest BCUT2D eigenvalue weighted by Crippen LogP contribution is 2.38. The Balaban J connectivity index is 1.50. The van der Waals surface area contributed by atoms with E-state index < -0.39 is 5.60 Å². The van der Waals surface area contributed by atoms with Crippen molar-refractivity contribution in [3.05, 3.63) is 34.9 Å². The summed E-state index contributed by atoms with van der Waals surface area (Å²) < 4.78 is 5.54. The van der Waals surface area contributed by atoms with E-state index in [0.29, 0.717) is 24.2 Å². The summed E-state index contributed by atoms with van der Waals surface area (Å²) >= 11 is 6.31.